The van der Waals surface area contributed by atoms with Gasteiger partial charge in [-0.1, -0.05) is 54.2 Å². The first-order valence-corrected chi connectivity index (χ1v) is 10.5. The van der Waals surface area contributed by atoms with Crippen LogP contribution in [-0.4, -0.2) is 39.2 Å². The van der Waals surface area contributed by atoms with Crippen LogP contribution in [0.3, 0.4) is 0 Å². The first kappa shape index (κ1) is 19.5. The molecule has 2 aromatic carbocycles. The van der Waals surface area contributed by atoms with Crippen LogP contribution in [0.15, 0.2) is 59.8 Å². The predicted octanol–water partition coefficient (Wildman–Crippen LogP) is 3.99. The summed E-state index contributed by atoms with van der Waals surface area (Å²) in [6.07, 6.45) is 1.45. The van der Waals surface area contributed by atoms with Crippen molar-refractivity contribution in [2.45, 2.75) is 42.8 Å². The van der Waals surface area contributed by atoms with E-state index >= 15 is 0 Å². The Bertz CT molecular complexity index is 990. The lowest BCUT2D eigenvalue weighted by atomic mass is 10.1. The molecule has 7 heteroatoms. The van der Waals surface area contributed by atoms with Crippen molar-refractivity contribution in [3.05, 3.63) is 60.2 Å². The van der Waals surface area contributed by atoms with Crippen LogP contribution in [0, 0.1) is 0 Å². The summed E-state index contributed by atoms with van der Waals surface area (Å²) in [5, 5.41) is 9.34. The molecule has 0 radical (unpaired) electrons. The van der Waals surface area contributed by atoms with Crippen LogP contribution in [-0.2, 0) is 22.5 Å². The molecule has 1 fully saturated rings. The molecule has 29 heavy (non-hydrogen) atoms. The van der Waals surface area contributed by atoms with E-state index in [1.807, 2.05) is 49.4 Å². The largest absolute Gasteiger partial charge is 0.496 e. The van der Waals surface area contributed by atoms with E-state index in [4.69, 9.17) is 9.47 Å². The Morgan fingerprint density at radius 3 is 2.62 bits per heavy atom. The van der Waals surface area contributed by atoms with E-state index < -0.39 is 0 Å². The van der Waals surface area contributed by atoms with E-state index in [1.165, 1.54) is 17.3 Å². The molecule has 150 valence electrons. The number of cyclic esters (lactones) is 1. The number of thioether (sulfide) groups is 1. The second-order valence-electron chi connectivity index (χ2n) is 6.98. The van der Waals surface area contributed by atoms with E-state index in [9.17, 15) is 4.79 Å². The zero-order chi connectivity index (χ0) is 20.2. The summed E-state index contributed by atoms with van der Waals surface area (Å²) in [6, 6.07) is 18.1. The number of carbonyl (C=O) groups is 1. The monoisotopic (exact) mass is 409 g/mol. The number of nitrogens with zero attached hydrogens (tertiary/aromatic N) is 3. The lowest BCUT2D eigenvalue weighted by Gasteiger charge is -2.13. The lowest BCUT2D eigenvalue weighted by Crippen LogP contribution is -2.12. The van der Waals surface area contributed by atoms with Gasteiger partial charge in [0, 0.05) is 13.0 Å². The maximum atomic E-state index is 12.1. The van der Waals surface area contributed by atoms with Gasteiger partial charge < -0.3 is 14.0 Å². The van der Waals surface area contributed by atoms with E-state index in [0.29, 0.717) is 13.0 Å². The van der Waals surface area contributed by atoms with Crippen molar-refractivity contribution in [2.24, 2.45) is 0 Å². The van der Waals surface area contributed by atoms with Gasteiger partial charge in [0.15, 0.2) is 11.0 Å². The van der Waals surface area contributed by atoms with Crippen LogP contribution in [0.1, 0.15) is 18.9 Å². The molecule has 0 bridgehead atoms. The van der Waals surface area contributed by atoms with E-state index in [2.05, 4.69) is 26.9 Å². The van der Waals surface area contributed by atoms with Gasteiger partial charge in [-0.05, 0) is 31.0 Å². The summed E-state index contributed by atoms with van der Waals surface area (Å²) in [4.78, 5) is 12.1. The van der Waals surface area contributed by atoms with Crippen LogP contribution in [0.2, 0.25) is 0 Å². The standard InChI is InChI=1S/C22H23N3O3S/c1-15-14-19(21(26)28-15)29-22-24-23-20(17-10-6-7-11-18(17)27-2)25(22)13-12-16-8-4-3-5-9-16/h3-11,15,19H,12-14H2,1-2H3/t15-,19-/m1/s1. The van der Waals surface area contributed by atoms with Crippen molar-refractivity contribution >= 4 is 17.7 Å². The summed E-state index contributed by atoms with van der Waals surface area (Å²) in [5.74, 6) is 1.30. The van der Waals surface area contributed by atoms with Crippen molar-refractivity contribution in [2.75, 3.05) is 7.11 Å². The smallest absolute Gasteiger partial charge is 0.319 e. The van der Waals surface area contributed by atoms with Crippen molar-refractivity contribution < 1.29 is 14.3 Å². The van der Waals surface area contributed by atoms with Crippen molar-refractivity contribution in [1.82, 2.24) is 14.8 Å². The minimum Gasteiger partial charge on any atom is -0.496 e. The number of carbonyl (C=O) groups excluding carboxylic acids is 1. The van der Waals surface area contributed by atoms with Crippen LogP contribution in [0.4, 0.5) is 0 Å². The quantitative estimate of drug-likeness (QED) is 0.550. The molecule has 3 aromatic rings. The van der Waals surface area contributed by atoms with Gasteiger partial charge in [-0.15, -0.1) is 10.2 Å². The Hall–Kier alpha value is -2.80. The second kappa shape index (κ2) is 8.69. The fourth-order valence-electron chi connectivity index (χ4n) is 3.44. The fourth-order valence-corrected chi connectivity index (χ4v) is 4.60. The number of para-hydroxylation sites is 1. The number of hydrogen-bond donors (Lipinski definition) is 0. The maximum absolute atomic E-state index is 12.1. The lowest BCUT2D eigenvalue weighted by molar-refractivity contribution is -0.140. The SMILES string of the molecule is COc1ccccc1-c1nnc(S[C@@H]2C[C@@H](C)OC2=O)n1CCc1ccccc1. The fraction of sp³-hybridized carbons (Fsp3) is 0.318. The minimum absolute atomic E-state index is 0.0608. The molecule has 1 aliphatic heterocycles. The molecule has 1 aromatic heterocycles. The van der Waals surface area contributed by atoms with Gasteiger partial charge in [-0.3, -0.25) is 4.79 Å². The predicted molar refractivity (Wildman–Crippen MR) is 112 cm³/mol. The normalized spacial score (nSPS) is 18.6. The summed E-state index contributed by atoms with van der Waals surface area (Å²) in [7, 11) is 1.65. The number of aryl methyl sites for hydroxylation is 1. The minimum atomic E-state index is -0.254. The molecule has 0 amide bonds. The molecule has 0 aliphatic carbocycles. The third kappa shape index (κ3) is 4.29. The Balaban J connectivity index is 1.67. The topological polar surface area (TPSA) is 66.2 Å². The Labute approximate surface area is 174 Å². The molecular weight excluding hydrogens is 386 g/mol. The molecule has 4 rings (SSSR count). The summed E-state index contributed by atoms with van der Waals surface area (Å²) >= 11 is 1.43. The highest BCUT2D eigenvalue weighted by molar-refractivity contribution is 8.00. The average Bonchev–Trinajstić information content (AvgIpc) is 3.29. The Morgan fingerprint density at radius 2 is 1.90 bits per heavy atom. The first-order chi connectivity index (χ1) is 14.2. The molecular formula is C22H23N3O3S. The molecule has 1 aliphatic rings. The van der Waals surface area contributed by atoms with Gasteiger partial charge in [0.1, 0.15) is 17.1 Å². The number of ether oxygens (including phenoxy) is 2. The van der Waals surface area contributed by atoms with Gasteiger partial charge in [0.05, 0.1) is 12.7 Å². The molecule has 6 nitrogen and oxygen atoms in total. The van der Waals surface area contributed by atoms with Crippen molar-refractivity contribution in [1.29, 1.82) is 0 Å². The van der Waals surface area contributed by atoms with Gasteiger partial charge in [-0.2, -0.15) is 0 Å². The van der Waals surface area contributed by atoms with Crippen LogP contribution >= 0.6 is 11.8 Å². The number of hydrogen-bond acceptors (Lipinski definition) is 6. The number of methoxy groups -OCH3 is 1. The Kier molecular flexibility index (Phi) is 5.85. The van der Waals surface area contributed by atoms with E-state index in [0.717, 1.165) is 28.7 Å². The van der Waals surface area contributed by atoms with Gasteiger partial charge in [0.25, 0.3) is 0 Å². The summed E-state index contributed by atoms with van der Waals surface area (Å²) in [6.45, 7) is 2.61. The number of esters is 1. The third-order valence-electron chi connectivity index (χ3n) is 4.91. The van der Waals surface area contributed by atoms with E-state index in [-0.39, 0.29) is 17.3 Å². The van der Waals surface area contributed by atoms with Crippen LogP contribution < -0.4 is 4.74 Å². The van der Waals surface area contributed by atoms with Crippen LogP contribution in [0.5, 0.6) is 5.75 Å². The first-order valence-electron chi connectivity index (χ1n) is 9.63. The zero-order valence-corrected chi connectivity index (χ0v) is 17.3. The zero-order valence-electron chi connectivity index (χ0n) is 16.4. The number of benzene rings is 2. The maximum Gasteiger partial charge on any atom is 0.319 e. The van der Waals surface area contributed by atoms with Crippen molar-refractivity contribution in [3.63, 3.8) is 0 Å². The average molecular weight is 410 g/mol. The number of aromatic nitrogens is 3. The highest BCUT2D eigenvalue weighted by Crippen LogP contribution is 2.35. The molecule has 0 saturated carbocycles. The molecule has 2 atom stereocenters. The van der Waals surface area contributed by atoms with Crippen LogP contribution in [0.25, 0.3) is 11.4 Å². The second-order valence-corrected chi connectivity index (χ2v) is 8.15. The highest BCUT2D eigenvalue weighted by atomic mass is 32.2. The molecule has 1 saturated heterocycles. The molecule has 2 heterocycles. The highest BCUT2D eigenvalue weighted by Gasteiger charge is 2.34. The van der Waals surface area contributed by atoms with Gasteiger partial charge in [0.2, 0.25) is 0 Å². The molecule has 0 N–H and O–H groups in total. The van der Waals surface area contributed by atoms with Gasteiger partial charge >= 0.3 is 5.97 Å². The molecule has 0 unspecified atom stereocenters. The number of rotatable bonds is 7. The third-order valence-corrected chi connectivity index (χ3v) is 6.09. The van der Waals surface area contributed by atoms with Gasteiger partial charge in [-0.25, -0.2) is 0 Å². The summed E-state index contributed by atoms with van der Waals surface area (Å²) < 4.78 is 12.9. The summed E-state index contributed by atoms with van der Waals surface area (Å²) in [5.41, 5.74) is 2.11. The van der Waals surface area contributed by atoms with E-state index in [1.54, 1.807) is 7.11 Å². The molecule has 0 spiro atoms. The van der Waals surface area contributed by atoms with Crippen molar-refractivity contribution in [3.8, 4) is 17.1 Å². The Morgan fingerprint density at radius 1 is 1.14 bits per heavy atom.